The van der Waals surface area contributed by atoms with Crippen molar-refractivity contribution < 1.29 is 24.3 Å². The van der Waals surface area contributed by atoms with Crippen LogP contribution < -0.4 is 16.0 Å². The Morgan fingerprint density at radius 3 is 2.24 bits per heavy atom. The van der Waals surface area contributed by atoms with Crippen LogP contribution in [-0.2, 0) is 14.4 Å². The van der Waals surface area contributed by atoms with E-state index in [1.54, 1.807) is 0 Å². The summed E-state index contributed by atoms with van der Waals surface area (Å²) in [6.45, 7) is 0.163. The second kappa shape index (κ2) is 8.93. The molecule has 0 spiro atoms. The highest BCUT2D eigenvalue weighted by Crippen LogP contribution is 2.18. The molecule has 0 aromatic heterocycles. The smallest absolute Gasteiger partial charge is 0.321 e. The number of carbonyl (C=O) groups is 4. The number of hydrogen-bond acceptors (Lipinski definition) is 4. The minimum atomic E-state index is -0.905. The van der Waals surface area contributed by atoms with Crippen molar-refractivity contribution in [2.45, 2.75) is 51.0 Å². The van der Waals surface area contributed by atoms with Crippen LogP contribution in [-0.4, -0.2) is 41.5 Å². The molecule has 0 aromatic rings. The molecule has 1 saturated carbocycles. The van der Waals surface area contributed by atoms with Crippen molar-refractivity contribution in [2.75, 3.05) is 6.54 Å². The third kappa shape index (κ3) is 9.42. The number of imide groups is 1. The van der Waals surface area contributed by atoms with E-state index in [1.807, 2.05) is 0 Å². The van der Waals surface area contributed by atoms with Gasteiger partial charge in [-0.05, 0) is 25.7 Å². The van der Waals surface area contributed by atoms with E-state index in [4.69, 9.17) is 5.11 Å². The maximum Gasteiger partial charge on any atom is 0.321 e. The number of carbonyl (C=O) groups excluding carboxylic acids is 3. The van der Waals surface area contributed by atoms with Gasteiger partial charge in [0, 0.05) is 31.8 Å². The van der Waals surface area contributed by atoms with Crippen molar-refractivity contribution in [3.8, 4) is 0 Å². The maximum atomic E-state index is 11.4. The highest BCUT2D eigenvalue weighted by Gasteiger charge is 2.22. The van der Waals surface area contributed by atoms with E-state index >= 15 is 0 Å². The first-order chi connectivity index (χ1) is 9.97. The van der Waals surface area contributed by atoms with E-state index in [0.29, 0.717) is 18.9 Å². The van der Waals surface area contributed by atoms with Gasteiger partial charge >= 0.3 is 12.0 Å². The van der Waals surface area contributed by atoms with Gasteiger partial charge < -0.3 is 15.7 Å². The van der Waals surface area contributed by atoms with Gasteiger partial charge in [0.1, 0.15) is 0 Å². The molecule has 0 bridgehead atoms. The topological polar surface area (TPSA) is 125 Å². The van der Waals surface area contributed by atoms with Gasteiger partial charge in [-0.2, -0.15) is 0 Å². The van der Waals surface area contributed by atoms with Crippen LogP contribution in [0.5, 0.6) is 0 Å². The molecule has 1 aliphatic carbocycles. The van der Waals surface area contributed by atoms with Crippen LogP contribution in [0.2, 0.25) is 0 Å². The Balaban J connectivity index is 1.99. The summed E-state index contributed by atoms with van der Waals surface area (Å²) in [4.78, 5) is 44.3. The van der Waals surface area contributed by atoms with Gasteiger partial charge in [0.2, 0.25) is 11.8 Å². The zero-order chi connectivity index (χ0) is 15.7. The number of carboxylic acids is 1. The highest BCUT2D eigenvalue weighted by molar-refractivity contribution is 5.94. The van der Waals surface area contributed by atoms with Crippen LogP contribution in [0.1, 0.15) is 44.9 Å². The Kier molecular flexibility index (Phi) is 7.20. The summed E-state index contributed by atoms with van der Waals surface area (Å²) in [5, 5.41) is 15.8. The van der Waals surface area contributed by atoms with Crippen molar-refractivity contribution in [3.63, 3.8) is 0 Å². The summed E-state index contributed by atoms with van der Waals surface area (Å²) in [7, 11) is 0. The summed E-state index contributed by atoms with van der Waals surface area (Å²) < 4.78 is 0. The van der Waals surface area contributed by atoms with Crippen LogP contribution in [0.15, 0.2) is 0 Å². The van der Waals surface area contributed by atoms with Gasteiger partial charge in [0.15, 0.2) is 0 Å². The monoisotopic (exact) mass is 299 g/mol. The molecule has 0 saturated heterocycles. The van der Waals surface area contributed by atoms with Gasteiger partial charge in [-0.15, -0.1) is 0 Å². The lowest BCUT2D eigenvalue weighted by Gasteiger charge is -2.07. The Morgan fingerprint density at radius 1 is 0.952 bits per heavy atom. The number of nitrogens with one attached hydrogen (secondary N) is 3. The molecular weight excluding hydrogens is 278 g/mol. The summed E-state index contributed by atoms with van der Waals surface area (Å²) in [6.07, 6.45) is 3.11. The average molecular weight is 299 g/mol. The van der Waals surface area contributed by atoms with Crippen molar-refractivity contribution in [3.05, 3.63) is 0 Å². The first-order valence-electron chi connectivity index (χ1n) is 7.06. The van der Waals surface area contributed by atoms with Gasteiger partial charge in [-0.1, -0.05) is 0 Å². The van der Waals surface area contributed by atoms with Crippen LogP contribution in [0.25, 0.3) is 0 Å². The Labute approximate surface area is 122 Å². The standard InChI is InChI=1S/C13H21N3O5/c17-10(3-1-2-4-12(19)20)16-13(21)14-8-7-11(18)15-9-5-6-9/h9H,1-8H2,(H,15,18)(H,19,20)(H2,14,16,17,21). The molecule has 1 rings (SSSR count). The molecule has 0 heterocycles. The predicted octanol–water partition coefficient (Wildman–Crippen LogP) is 0.126. The molecular formula is C13H21N3O5. The lowest BCUT2D eigenvalue weighted by atomic mass is 10.2. The number of amides is 4. The first kappa shape index (κ1) is 16.9. The molecule has 0 atom stereocenters. The van der Waals surface area contributed by atoms with E-state index in [2.05, 4.69) is 16.0 Å². The van der Waals surface area contributed by atoms with Crippen molar-refractivity contribution in [1.82, 2.24) is 16.0 Å². The maximum absolute atomic E-state index is 11.4. The molecule has 1 aliphatic rings. The van der Waals surface area contributed by atoms with Gasteiger partial charge in [0.05, 0.1) is 0 Å². The quantitative estimate of drug-likeness (QED) is 0.450. The Morgan fingerprint density at radius 2 is 1.62 bits per heavy atom. The SMILES string of the molecule is O=C(O)CCCCC(=O)NC(=O)NCCC(=O)NC1CC1. The molecule has 0 radical (unpaired) electrons. The lowest BCUT2D eigenvalue weighted by molar-refractivity contribution is -0.137. The molecule has 0 aliphatic heterocycles. The van der Waals surface area contributed by atoms with E-state index in [-0.39, 0.29) is 31.7 Å². The summed E-state index contributed by atoms with van der Waals surface area (Å²) in [5.74, 6) is -1.48. The fraction of sp³-hybridized carbons (Fsp3) is 0.692. The van der Waals surface area contributed by atoms with Gasteiger partial charge in [-0.3, -0.25) is 19.7 Å². The normalized spacial score (nSPS) is 13.3. The molecule has 4 amide bonds. The average Bonchev–Trinajstić information content (AvgIpc) is 3.18. The zero-order valence-corrected chi connectivity index (χ0v) is 11.8. The summed E-state index contributed by atoms with van der Waals surface area (Å²) >= 11 is 0. The minimum Gasteiger partial charge on any atom is -0.481 e. The highest BCUT2D eigenvalue weighted by atomic mass is 16.4. The number of hydrogen-bond donors (Lipinski definition) is 4. The van der Waals surface area contributed by atoms with Gasteiger partial charge in [0.25, 0.3) is 0 Å². The van der Waals surface area contributed by atoms with Crippen LogP contribution in [0.3, 0.4) is 0 Å². The number of carboxylic acid groups (broad SMARTS) is 1. The second-order valence-electron chi connectivity index (χ2n) is 5.00. The van der Waals surface area contributed by atoms with Crippen molar-refractivity contribution >= 4 is 23.8 Å². The molecule has 21 heavy (non-hydrogen) atoms. The van der Waals surface area contributed by atoms with E-state index in [1.165, 1.54) is 0 Å². The van der Waals surface area contributed by atoms with Crippen LogP contribution >= 0.6 is 0 Å². The predicted molar refractivity (Wildman–Crippen MR) is 73.4 cm³/mol. The summed E-state index contributed by atoms with van der Waals surface area (Å²) in [6, 6.07) is -0.351. The molecule has 0 aromatic carbocycles. The lowest BCUT2D eigenvalue weighted by Crippen LogP contribution is -2.41. The molecule has 1 fully saturated rings. The minimum absolute atomic E-state index is 0.00951. The number of unbranched alkanes of at least 4 members (excludes halogenated alkanes) is 1. The third-order valence-electron chi connectivity index (χ3n) is 2.88. The van der Waals surface area contributed by atoms with Crippen LogP contribution in [0.4, 0.5) is 4.79 Å². The second-order valence-corrected chi connectivity index (χ2v) is 5.00. The number of aliphatic carboxylic acids is 1. The zero-order valence-electron chi connectivity index (χ0n) is 11.8. The van der Waals surface area contributed by atoms with E-state index < -0.39 is 17.9 Å². The Hall–Kier alpha value is -2.12. The summed E-state index contributed by atoms with van der Waals surface area (Å²) in [5.41, 5.74) is 0. The van der Waals surface area contributed by atoms with Crippen LogP contribution in [0, 0.1) is 0 Å². The van der Waals surface area contributed by atoms with Gasteiger partial charge in [-0.25, -0.2) is 4.79 Å². The largest absolute Gasteiger partial charge is 0.481 e. The first-order valence-corrected chi connectivity index (χ1v) is 7.06. The molecule has 4 N–H and O–H groups in total. The number of rotatable bonds is 9. The fourth-order valence-corrected chi connectivity index (χ4v) is 1.61. The van der Waals surface area contributed by atoms with Crippen molar-refractivity contribution in [2.24, 2.45) is 0 Å². The number of urea groups is 1. The Bertz CT molecular complexity index is 407. The molecule has 8 heteroatoms. The molecule has 8 nitrogen and oxygen atoms in total. The fourth-order valence-electron chi connectivity index (χ4n) is 1.61. The molecule has 0 unspecified atom stereocenters. The molecule has 118 valence electrons. The van der Waals surface area contributed by atoms with E-state index in [9.17, 15) is 19.2 Å². The van der Waals surface area contributed by atoms with E-state index in [0.717, 1.165) is 12.8 Å². The van der Waals surface area contributed by atoms with Crippen molar-refractivity contribution in [1.29, 1.82) is 0 Å². The third-order valence-corrected chi connectivity index (χ3v) is 2.88.